The van der Waals surface area contributed by atoms with Crippen molar-refractivity contribution in [3.8, 4) is 11.9 Å². The summed E-state index contributed by atoms with van der Waals surface area (Å²) in [6.07, 6.45) is 1.73. The zero-order valence-corrected chi connectivity index (χ0v) is 9.67. The second kappa shape index (κ2) is 5.37. The van der Waals surface area contributed by atoms with E-state index in [2.05, 4.69) is 4.98 Å². The summed E-state index contributed by atoms with van der Waals surface area (Å²) in [4.78, 5) is 15.2. The van der Waals surface area contributed by atoms with Gasteiger partial charge in [-0.2, -0.15) is 5.26 Å². The number of esters is 1. The second-order valence-electron chi connectivity index (χ2n) is 2.75. The van der Waals surface area contributed by atoms with Crippen molar-refractivity contribution in [3.05, 3.63) is 17.2 Å². The van der Waals surface area contributed by atoms with Gasteiger partial charge in [-0.1, -0.05) is 0 Å². The van der Waals surface area contributed by atoms with Gasteiger partial charge in [-0.05, 0) is 19.2 Å². The molecule has 0 atom stereocenters. The molecule has 1 rings (SSSR count). The molecule has 0 saturated heterocycles. The Labute approximate surface area is 97.1 Å². The summed E-state index contributed by atoms with van der Waals surface area (Å²) in [5.41, 5.74) is 0.157. The van der Waals surface area contributed by atoms with Crippen LogP contribution in [0.1, 0.15) is 22.8 Å². The van der Waals surface area contributed by atoms with Crippen LogP contribution in [0, 0.1) is 11.3 Å². The molecule has 1 aromatic heterocycles. The second-order valence-corrected chi connectivity index (χ2v) is 3.54. The molecule has 0 spiro atoms. The fraction of sp³-hybridized carbons (Fsp3) is 0.300. The van der Waals surface area contributed by atoms with Gasteiger partial charge in [0.1, 0.15) is 16.7 Å². The zero-order chi connectivity index (χ0) is 12.1. The maximum atomic E-state index is 11.4. The van der Waals surface area contributed by atoms with E-state index < -0.39 is 11.8 Å². The van der Waals surface area contributed by atoms with E-state index in [1.54, 1.807) is 13.2 Å². The highest BCUT2D eigenvalue weighted by atomic mass is 32.2. The third-order valence-corrected chi connectivity index (χ3v) is 2.47. The highest BCUT2D eigenvalue weighted by molar-refractivity contribution is 7.98. The number of ether oxygens (including phenoxy) is 1. The summed E-state index contributed by atoms with van der Waals surface area (Å²) in [6, 6.07) is 3.19. The van der Waals surface area contributed by atoms with Crippen molar-refractivity contribution in [2.75, 3.05) is 12.9 Å². The Morgan fingerprint density at radius 2 is 2.44 bits per heavy atom. The molecule has 0 aromatic carbocycles. The number of pyridine rings is 1. The average molecular weight is 238 g/mol. The van der Waals surface area contributed by atoms with Crippen LogP contribution < -0.4 is 0 Å². The molecular formula is C10H10N2O3S. The summed E-state index contributed by atoms with van der Waals surface area (Å²) >= 11 is 1.22. The van der Waals surface area contributed by atoms with Gasteiger partial charge in [0.25, 0.3) is 0 Å². The summed E-state index contributed by atoms with van der Waals surface area (Å²) < 4.78 is 4.73. The van der Waals surface area contributed by atoms with E-state index >= 15 is 0 Å². The van der Waals surface area contributed by atoms with Gasteiger partial charge in [-0.3, -0.25) is 0 Å². The van der Waals surface area contributed by atoms with Crippen LogP contribution in [0.25, 0.3) is 0 Å². The number of thioether (sulfide) groups is 1. The minimum absolute atomic E-state index is 0.0869. The van der Waals surface area contributed by atoms with Gasteiger partial charge in [0.2, 0.25) is 5.88 Å². The van der Waals surface area contributed by atoms with Gasteiger partial charge in [-0.25, -0.2) is 9.78 Å². The topological polar surface area (TPSA) is 83.2 Å². The molecule has 0 aliphatic rings. The lowest BCUT2D eigenvalue weighted by atomic mass is 10.2. The quantitative estimate of drug-likeness (QED) is 0.635. The first-order valence-corrected chi connectivity index (χ1v) is 5.71. The lowest BCUT2D eigenvalue weighted by Gasteiger charge is -2.06. The molecule has 0 unspecified atom stereocenters. The molecule has 16 heavy (non-hydrogen) atoms. The summed E-state index contributed by atoms with van der Waals surface area (Å²) in [7, 11) is 0. The van der Waals surface area contributed by atoms with Gasteiger partial charge in [0.15, 0.2) is 0 Å². The van der Waals surface area contributed by atoms with E-state index in [1.165, 1.54) is 17.8 Å². The maximum absolute atomic E-state index is 11.4. The third kappa shape index (κ3) is 2.44. The smallest absolute Gasteiger partial charge is 0.343 e. The van der Waals surface area contributed by atoms with Gasteiger partial charge in [0.05, 0.1) is 12.2 Å². The number of hydrogen-bond donors (Lipinski definition) is 1. The largest absolute Gasteiger partial charge is 0.493 e. The first kappa shape index (κ1) is 12.3. The molecule has 0 saturated carbocycles. The van der Waals surface area contributed by atoms with Crippen molar-refractivity contribution in [2.24, 2.45) is 0 Å². The lowest BCUT2D eigenvalue weighted by Crippen LogP contribution is -2.06. The first-order chi connectivity index (χ1) is 7.63. The number of carbonyl (C=O) groups is 1. The first-order valence-electron chi connectivity index (χ1n) is 4.49. The Balaban J connectivity index is 3.22. The predicted molar refractivity (Wildman–Crippen MR) is 58.4 cm³/mol. The van der Waals surface area contributed by atoms with Crippen molar-refractivity contribution in [2.45, 2.75) is 11.9 Å². The number of aromatic hydroxyl groups is 1. The van der Waals surface area contributed by atoms with Gasteiger partial charge in [0, 0.05) is 0 Å². The Morgan fingerprint density at radius 1 is 1.75 bits per heavy atom. The summed E-state index contributed by atoms with van der Waals surface area (Å²) in [5.74, 6) is -1.10. The summed E-state index contributed by atoms with van der Waals surface area (Å²) in [5, 5.41) is 18.7. The Hall–Kier alpha value is -1.74. The van der Waals surface area contributed by atoms with Crippen molar-refractivity contribution >= 4 is 17.7 Å². The van der Waals surface area contributed by atoms with Gasteiger partial charge >= 0.3 is 5.97 Å². The summed E-state index contributed by atoms with van der Waals surface area (Å²) in [6.45, 7) is 1.86. The highest BCUT2D eigenvalue weighted by Crippen LogP contribution is 2.24. The van der Waals surface area contributed by atoms with Crippen molar-refractivity contribution in [1.82, 2.24) is 4.98 Å². The Morgan fingerprint density at radius 3 is 2.94 bits per heavy atom. The van der Waals surface area contributed by atoms with Crippen LogP contribution in [0.4, 0.5) is 0 Å². The molecular weight excluding hydrogens is 228 g/mol. The predicted octanol–water partition coefficient (Wildman–Crippen LogP) is 1.56. The van der Waals surface area contributed by atoms with Crippen LogP contribution in [0.5, 0.6) is 5.88 Å². The van der Waals surface area contributed by atoms with Crippen molar-refractivity contribution in [3.63, 3.8) is 0 Å². The fourth-order valence-electron chi connectivity index (χ4n) is 1.08. The molecule has 0 aliphatic heterocycles. The molecule has 6 heteroatoms. The fourth-order valence-corrected chi connectivity index (χ4v) is 1.58. The van der Waals surface area contributed by atoms with Crippen LogP contribution in [0.3, 0.4) is 0 Å². The molecule has 0 aliphatic carbocycles. The minimum Gasteiger partial charge on any atom is -0.493 e. The van der Waals surface area contributed by atoms with E-state index in [9.17, 15) is 9.90 Å². The average Bonchev–Trinajstić information content (AvgIpc) is 2.28. The number of rotatable bonds is 3. The Kier molecular flexibility index (Phi) is 4.14. The number of nitrogens with zero attached hydrogens (tertiary/aromatic N) is 2. The zero-order valence-electron chi connectivity index (χ0n) is 8.85. The molecule has 1 aromatic rings. The third-order valence-electron chi connectivity index (χ3n) is 1.78. The van der Waals surface area contributed by atoms with Gasteiger partial charge < -0.3 is 9.84 Å². The van der Waals surface area contributed by atoms with Crippen LogP contribution in [-0.2, 0) is 4.74 Å². The molecule has 1 heterocycles. The SMILES string of the molecule is CCOC(=O)c1cc(C#N)c(SC)nc1O. The number of aromatic nitrogens is 1. The number of hydrogen-bond acceptors (Lipinski definition) is 6. The van der Waals surface area contributed by atoms with E-state index in [4.69, 9.17) is 10.00 Å². The number of nitriles is 1. The standard InChI is InChI=1S/C10H10N2O3S/c1-3-15-10(14)7-4-6(5-11)9(16-2)12-8(7)13/h4H,3H2,1-2H3,(H,12,13). The van der Waals surface area contributed by atoms with Gasteiger partial charge in [-0.15, -0.1) is 11.8 Å². The Bertz CT molecular complexity index is 454. The van der Waals surface area contributed by atoms with E-state index in [0.717, 1.165) is 0 Å². The normalized spacial score (nSPS) is 9.56. The van der Waals surface area contributed by atoms with Crippen molar-refractivity contribution < 1.29 is 14.6 Å². The lowest BCUT2D eigenvalue weighted by molar-refractivity contribution is 0.0522. The van der Waals surface area contributed by atoms with Crippen LogP contribution in [-0.4, -0.2) is 28.9 Å². The van der Waals surface area contributed by atoms with Crippen LogP contribution in [0.2, 0.25) is 0 Å². The van der Waals surface area contributed by atoms with Crippen molar-refractivity contribution in [1.29, 1.82) is 5.26 Å². The number of carbonyl (C=O) groups excluding carboxylic acids is 1. The molecule has 0 fully saturated rings. The maximum Gasteiger partial charge on any atom is 0.343 e. The van der Waals surface area contributed by atoms with E-state index in [1.807, 2.05) is 6.07 Å². The highest BCUT2D eigenvalue weighted by Gasteiger charge is 2.17. The van der Waals surface area contributed by atoms with Crippen LogP contribution in [0.15, 0.2) is 11.1 Å². The molecule has 0 amide bonds. The van der Waals surface area contributed by atoms with E-state index in [-0.39, 0.29) is 17.7 Å². The molecule has 84 valence electrons. The molecule has 5 nitrogen and oxygen atoms in total. The molecule has 1 N–H and O–H groups in total. The monoisotopic (exact) mass is 238 g/mol. The molecule has 0 bridgehead atoms. The van der Waals surface area contributed by atoms with Crippen LogP contribution >= 0.6 is 11.8 Å². The van der Waals surface area contributed by atoms with E-state index in [0.29, 0.717) is 5.03 Å². The molecule has 0 radical (unpaired) electrons. The minimum atomic E-state index is -0.684.